The van der Waals surface area contributed by atoms with Crippen molar-refractivity contribution in [2.45, 2.75) is 32.1 Å². The fraction of sp³-hybridized carbons (Fsp3) is 0.583. The van der Waals surface area contributed by atoms with Crippen molar-refractivity contribution < 1.29 is 10.2 Å². The Balaban J connectivity index is 1.87. The molecule has 2 aromatic rings. The van der Waals surface area contributed by atoms with E-state index in [0.29, 0.717) is 30.3 Å². The first-order valence-corrected chi connectivity index (χ1v) is 7.35. The van der Waals surface area contributed by atoms with Crippen LogP contribution >= 0.6 is 11.3 Å². The van der Waals surface area contributed by atoms with Crippen molar-refractivity contribution >= 4 is 16.3 Å². The molecule has 0 unspecified atom stereocenters. The van der Waals surface area contributed by atoms with Crippen LogP contribution in [0.2, 0.25) is 0 Å². The molecule has 3 rings (SSSR count). The van der Waals surface area contributed by atoms with Gasteiger partial charge in [-0.1, -0.05) is 18.3 Å². The van der Waals surface area contributed by atoms with E-state index in [-0.39, 0.29) is 5.56 Å². The number of rotatable bonds is 3. The van der Waals surface area contributed by atoms with Crippen molar-refractivity contribution in [3.8, 4) is 0 Å². The minimum atomic E-state index is -0.727. The molecule has 1 saturated heterocycles. The number of fused-ring (bicyclic) bond motifs is 1. The van der Waals surface area contributed by atoms with Crippen LogP contribution in [0.4, 0.5) is 0 Å². The first-order valence-electron chi connectivity index (χ1n) is 6.54. The molecule has 20 heavy (non-hydrogen) atoms. The zero-order valence-electron chi connectivity index (χ0n) is 11.1. The Morgan fingerprint density at radius 3 is 2.75 bits per heavy atom. The van der Waals surface area contributed by atoms with E-state index in [9.17, 15) is 15.0 Å². The van der Waals surface area contributed by atoms with Crippen molar-refractivity contribution in [2.24, 2.45) is 0 Å². The van der Waals surface area contributed by atoms with Crippen molar-refractivity contribution in [3.05, 3.63) is 27.1 Å². The van der Waals surface area contributed by atoms with Gasteiger partial charge < -0.3 is 10.2 Å². The Hall–Kier alpha value is -1.35. The summed E-state index contributed by atoms with van der Waals surface area (Å²) < 4.78 is 1.32. The molecule has 0 saturated carbocycles. The second kappa shape index (κ2) is 5.21. The molecule has 8 heteroatoms. The summed E-state index contributed by atoms with van der Waals surface area (Å²) in [6, 6.07) is 1.46. The number of hydrogen-bond donors (Lipinski definition) is 2. The van der Waals surface area contributed by atoms with Gasteiger partial charge in [0.05, 0.1) is 17.9 Å². The number of likely N-dealkylation sites (tertiary alicyclic amines) is 1. The number of β-amino-alcohol motifs (C(OH)–C–C–N with tert-alkyl or cyclic N) is 2. The molecule has 0 amide bonds. The normalized spacial score (nSPS) is 23.8. The quantitative estimate of drug-likeness (QED) is 0.774. The van der Waals surface area contributed by atoms with Crippen LogP contribution in [0.15, 0.2) is 10.9 Å². The SMILES string of the molecule is CCc1nn2c(=O)cc(CN3C[C@@H](O)[C@@H](O)C3)nc2s1. The Morgan fingerprint density at radius 1 is 1.40 bits per heavy atom. The number of aliphatic hydroxyl groups is 2. The van der Waals surface area contributed by atoms with Crippen molar-refractivity contribution in [2.75, 3.05) is 13.1 Å². The Morgan fingerprint density at radius 2 is 2.10 bits per heavy atom. The molecule has 1 aliphatic rings. The number of nitrogens with zero attached hydrogens (tertiary/aromatic N) is 4. The van der Waals surface area contributed by atoms with Crippen LogP contribution in [0.3, 0.4) is 0 Å². The van der Waals surface area contributed by atoms with Gasteiger partial charge in [0.15, 0.2) is 0 Å². The molecule has 0 aromatic carbocycles. The summed E-state index contributed by atoms with van der Waals surface area (Å²) in [5, 5.41) is 24.1. The van der Waals surface area contributed by atoms with Crippen LogP contribution in [0.1, 0.15) is 17.6 Å². The summed E-state index contributed by atoms with van der Waals surface area (Å²) in [6.45, 7) is 3.21. The van der Waals surface area contributed by atoms with Gasteiger partial charge in [-0.25, -0.2) is 4.98 Å². The van der Waals surface area contributed by atoms with E-state index in [0.717, 1.165) is 11.4 Å². The molecule has 108 valence electrons. The first-order chi connectivity index (χ1) is 9.56. The molecular formula is C12H16N4O3S. The monoisotopic (exact) mass is 296 g/mol. The lowest BCUT2D eigenvalue weighted by Gasteiger charge is -2.13. The summed E-state index contributed by atoms with van der Waals surface area (Å²) in [5.41, 5.74) is 0.448. The smallest absolute Gasteiger partial charge is 0.275 e. The highest BCUT2D eigenvalue weighted by molar-refractivity contribution is 7.16. The van der Waals surface area contributed by atoms with E-state index < -0.39 is 12.2 Å². The minimum Gasteiger partial charge on any atom is -0.389 e. The third kappa shape index (κ3) is 2.47. The van der Waals surface area contributed by atoms with Gasteiger partial charge in [0, 0.05) is 25.7 Å². The summed E-state index contributed by atoms with van der Waals surface area (Å²) in [4.78, 5) is 18.9. The largest absolute Gasteiger partial charge is 0.389 e. The summed E-state index contributed by atoms with van der Waals surface area (Å²) in [5.74, 6) is 0. The van der Waals surface area contributed by atoms with Gasteiger partial charge in [0.25, 0.3) is 5.56 Å². The van der Waals surface area contributed by atoms with Crippen LogP contribution in [-0.4, -0.2) is 55.0 Å². The third-order valence-electron chi connectivity index (χ3n) is 3.36. The number of aromatic nitrogens is 3. The molecule has 2 atom stereocenters. The molecule has 0 radical (unpaired) electrons. The predicted octanol–water partition coefficient (Wildman–Crippen LogP) is -0.749. The summed E-state index contributed by atoms with van der Waals surface area (Å²) in [6.07, 6.45) is -0.683. The van der Waals surface area contributed by atoms with Crippen molar-refractivity contribution in [1.82, 2.24) is 19.5 Å². The van der Waals surface area contributed by atoms with E-state index in [1.807, 2.05) is 11.8 Å². The third-order valence-corrected chi connectivity index (χ3v) is 4.42. The van der Waals surface area contributed by atoms with E-state index >= 15 is 0 Å². The molecule has 1 aliphatic heterocycles. The highest BCUT2D eigenvalue weighted by Crippen LogP contribution is 2.15. The lowest BCUT2D eigenvalue weighted by Crippen LogP contribution is -2.24. The lowest BCUT2D eigenvalue weighted by atomic mass is 10.3. The predicted molar refractivity (Wildman–Crippen MR) is 73.8 cm³/mol. The highest BCUT2D eigenvalue weighted by atomic mass is 32.1. The molecular weight excluding hydrogens is 280 g/mol. The van der Waals surface area contributed by atoms with Gasteiger partial charge in [-0.15, -0.1) is 0 Å². The number of aryl methyl sites for hydroxylation is 1. The standard InChI is InChI=1S/C12H16N4O3S/c1-2-10-14-16-11(19)3-7(13-12(16)20-10)4-15-5-8(17)9(18)6-15/h3,8-9,17-18H,2,4-6H2,1H3/t8-,9+. The fourth-order valence-electron chi connectivity index (χ4n) is 2.32. The minimum absolute atomic E-state index is 0.193. The number of aliphatic hydroxyl groups excluding tert-OH is 2. The van der Waals surface area contributed by atoms with Crippen LogP contribution < -0.4 is 5.56 Å². The van der Waals surface area contributed by atoms with Gasteiger partial charge in [-0.05, 0) is 6.42 Å². The molecule has 0 spiro atoms. The summed E-state index contributed by atoms with van der Waals surface area (Å²) >= 11 is 1.41. The molecule has 0 aliphatic carbocycles. The zero-order chi connectivity index (χ0) is 14.3. The lowest BCUT2D eigenvalue weighted by molar-refractivity contribution is 0.0572. The van der Waals surface area contributed by atoms with E-state index in [2.05, 4.69) is 10.1 Å². The summed E-state index contributed by atoms with van der Waals surface area (Å²) in [7, 11) is 0. The zero-order valence-corrected chi connectivity index (χ0v) is 11.9. The van der Waals surface area contributed by atoms with Gasteiger partial charge in [-0.2, -0.15) is 9.61 Å². The Kier molecular flexibility index (Phi) is 3.55. The van der Waals surface area contributed by atoms with Crippen LogP contribution in [0.25, 0.3) is 4.96 Å². The van der Waals surface area contributed by atoms with Crippen LogP contribution in [-0.2, 0) is 13.0 Å². The maximum absolute atomic E-state index is 12.0. The average molecular weight is 296 g/mol. The van der Waals surface area contributed by atoms with E-state index in [1.54, 1.807) is 0 Å². The molecule has 1 fully saturated rings. The van der Waals surface area contributed by atoms with Gasteiger partial charge >= 0.3 is 0 Å². The van der Waals surface area contributed by atoms with Crippen molar-refractivity contribution in [3.63, 3.8) is 0 Å². The molecule has 7 nitrogen and oxygen atoms in total. The maximum atomic E-state index is 12.0. The molecule has 0 bridgehead atoms. The number of hydrogen-bond acceptors (Lipinski definition) is 7. The van der Waals surface area contributed by atoms with Gasteiger partial charge in [0.2, 0.25) is 4.96 Å². The second-order valence-electron chi connectivity index (χ2n) is 4.96. The van der Waals surface area contributed by atoms with Crippen LogP contribution in [0, 0.1) is 0 Å². The topological polar surface area (TPSA) is 91.0 Å². The van der Waals surface area contributed by atoms with E-state index in [4.69, 9.17) is 0 Å². The first kappa shape index (κ1) is 13.6. The maximum Gasteiger partial charge on any atom is 0.275 e. The molecule has 2 N–H and O–H groups in total. The van der Waals surface area contributed by atoms with Crippen LogP contribution in [0.5, 0.6) is 0 Å². The Bertz CT molecular complexity index is 673. The average Bonchev–Trinajstić information content (AvgIpc) is 2.94. The van der Waals surface area contributed by atoms with Gasteiger partial charge in [0.1, 0.15) is 5.01 Å². The van der Waals surface area contributed by atoms with E-state index in [1.165, 1.54) is 21.9 Å². The second-order valence-corrected chi connectivity index (χ2v) is 6.00. The van der Waals surface area contributed by atoms with Gasteiger partial charge in [-0.3, -0.25) is 9.69 Å². The van der Waals surface area contributed by atoms with Crippen molar-refractivity contribution in [1.29, 1.82) is 0 Å². The molecule has 3 heterocycles. The molecule has 2 aromatic heterocycles. The highest BCUT2D eigenvalue weighted by Gasteiger charge is 2.29. The Labute approximate surface area is 119 Å². The fourth-order valence-corrected chi connectivity index (χ4v) is 3.18.